The Morgan fingerprint density at radius 3 is 2.64 bits per heavy atom. The lowest BCUT2D eigenvalue weighted by Crippen LogP contribution is -2.29. The molecule has 0 aliphatic carbocycles. The number of carboxylic acids is 1. The maximum Gasteiger partial charge on any atom is 0.488 e. The number of carboxylic acid groups (broad SMARTS) is 1. The lowest BCUT2D eigenvalue weighted by atomic mass is 9.79. The van der Waals surface area contributed by atoms with Crippen LogP contribution in [0.2, 0.25) is 0 Å². The molecule has 5 heteroatoms. The number of aliphatic carboxylic acids is 1. The van der Waals surface area contributed by atoms with E-state index in [1.54, 1.807) is 18.2 Å². The SMILES string of the molecule is O=C(O)/C=C\c1cccc(B(O)O)c1. The van der Waals surface area contributed by atoms with Gasteiger partial charge in [0.2, 0.25) is 0 Å². The fourth-order valence-corrected chi connectivity index (χ4v) is 0.991. The number of carbonyl (C=O) groups is 1. The Kier molecular flexibility index (Phi) is 3.44. The maximum absolute atomic E-state index is 10.2. The summed E-state index contributed by atoms with van der Waals surface area (Å²) in [5.74, 6) is -1.04. The minimum atomic E-state index is -1.53. The van der Waals surface area contributed by atoms with Gasteiger partial charge in [-0.15, -0.1) is 0 Å². The first-order valence-electron chi connectivity index (χ1n) is 3.96. The molecule has 1 aromatic carbocycles. The van der Waals surface area contributed by atoms with Gasteiger partial charge < -0.3 is 15.2 Å². The molecule has 3 N–H and O–H groups in total. The number of hydrogen-bond donors (Lipinski definition) is 3. The summed E-state index contributed by atoms with van der Waals surface area (Å²) < 4.78 is 0. The van der Waals surface area contributed by atoms with Crippen molar-refractivity contribution in [3.63, 3.8) is 0 Å². The van der Waals surface area contributed by atoms with E-state index in [0.717, 1.165) is 6.08 Å². The second-order valence-corrected chi connectivity index (χ2v) is 2.72. The average molecular weight is 192 g/mol. The van der Waals surface area contributed by atoms with Crippen molar-refractivity contribution in [3.8, 4) is 0 Å². The highest BCUT2D eigenvalue weighted by atomic mass is 16.4. The zero-order valence-corrected chi connectivity index (χ0v) is 7.29. The monoisotopic (exact) mass is 192 g/mol. The molecule has 1 aromatic rings. The highest BCUT2D eigenvalue weighted by Crippen LogP contribution is 1.99. The van der Waals surface area contributed by atoms with Crippen molar-refractivity contribution >= 4 is 24.6 Å². The summed E-state index contributed by atoms with van der Waals surface area (Å²) in [4.78, 5) is 10.2. The molecule has 0 radical (unpaired) electrons. The summed E-state index contributed by atoms with van der Waals surface area (Å²) in [5, 5.41) is 26.0. The summed E-state index contributed by atoms with van der Waals surface area (Å²) in [5.41, 5.74) is 0.940. The second-order valence-electron chi connectivity index (χ2n) is 2.72. The van der Waals surface area contributed by atoms with E-state index in [2.05, 4.69) is 0 Å². The molecule has 0 unspecified atom stereocenters. The van der Waals surface area contributed by atoms with Crippen LogP contribution < -0.4 is 5.46 Å². The van der Waals surface area contributed by atoms with Crippen molar-refractivity contribution in [2.75, 3.05) is 0 Å². The Hall–Kier alpha value is -1.59. The van der Waals surface area contributed by atoms with Crippen molar-refractivity contribution in [1.82, 2.24) is 0 Å². The van der Waals surface area contributed by atoms with Crippen LogP contribution in [0.15, 0.2) is 30.3 Å². The van der Waals surface area contributed by atoms with Crippen LogP contribution >= 0.6 is 0 Å². The second kappa shape index (κ2) is 4.60. The van der Waals surface area contributed by atoms with Gasteiger partial charge in [-0.3, -0.25) is 0 Å². The van der Waals surface area contributed by atoms with E-state index in [1.165, 1.54) is 12.1 Å². The van der Waals surface area contributed by atoms with E-state index in [9.17, 15) is 4.79 Å². The van der Waals surface area contributed by atoms with Gasteiger partial charge in [-0.05, 0) is 17.1 Å². The van der Waals surface area contributed by atoms with Crippen LogP contribution in [0.5, 0.6) is 0 Å². The summed E-state index contributed by atoms with van der Waals surface area (Å²) in [7, 11) is -1.53. The first-order chi connectivity index (χ1) is 6.59. The third kappa shape index (κ3) is 3.04. The van der Waals surface area contributed by atoms with Crippen LogP contribution in [-0.4, -0.2) is 28.2 Å². The van der Waals surface area contributed by atoms with Crippen LogP contribution in [0.1, 0.15) is 5.56 Å². The van der Waals surface area contributed by atoms with Crippen LogP contribution in [-0.2, 0) is 4.79 Å². The van der Waals surface area contributed by atoms with Crippen molar-refractivity contribution in [2.45, 2.75) is 0 Å². The minimum absolute atomic E-state index is 0.331. The summed E-state index contributed by atoms with van der Waals surface area (Å²) >= 11 is 0. The molecule has 0 aliphatic heterocycles. The van der Waals surface area contributed by atoms with Gasteiger partial charge >= 0.3 is 13.1 Å². The molecule has 0 aromatic heterocycles. The Morgan fingerprint density at radius 1 is 1.36 bits per heavy atom. The zero-order valence-electron chi connectivity index (χ0n) is 7.29. The van der Waals surface area contributed by atoms with Crippen LogP contribution in [0.25, 0.3) is 6.08 Å². The Morgan fingerprint density at radius 2 is 2.07 bits per heavy atom. The highest BCUT2D eigenvalue weighted by Gasteiger charge is 2.09. The number of rotatable bonds is 3. The molecule has 0 spiro atoms. The standard InChI is InChI=1S/C9H9BO4/c11-9(12)5-4-7-2-1-3-8(6-7)10(13)14/h1-6,13-14H,(H,11,12)/b5-4-. The molecule has 72 valence electrons. The van der Waals surface area contributed by atoms with Crippen LogP contribution in [0.4, 0.5) is 0 Å². The normalized spacial score (nSPS) is 10.4. The van der Waals surface area contributed by atoms with Crippen LogP contribution in [0.3, 0.4) is 0 Å². The van der Waals surface area contributed by atoms with Crippen molar-refractivity contribution in [3.05, 3.63) is 35.9 Å². The van der Waals surface area contributed by atoms with Crippen molar-refractivity contribution in [1.29, 1.82) is 0 Å². The number of hydrogen-bond acceptors (Lipinski definition) is 3. The Labute approximate surface area is 81.3 Å². The van der Waals surface area contributed by atoms with Gasteiger partial charge in [0, 0.05) is 6.08 Å². The first kappa shape index (κ1) is 10.5. The predicted molar refractivity (Wildman–Crippen MR) is 52.9 cm³/mol. The maximum atomic E-state index is 10.2. The van der Waals surface area contributed by atoms with Gasteiger partial charge in [-0.2, -0.15) is 0 Å². The fourth-order valence-electron chi connectivity index (χ4n) is 0.991. The average Bonchev–Trinajstić information content (AvgIpc) is 2.15. The van der Waals surface area contributed by atoms with E-state index in [-0.39, 0.29) is 0 Å². The minimum Gasteiger partial charge on any atom is -0.478 e. The summed E-state index contributed by atoms with van der Waals surface area (Å²) in [6, 6.07) is 6.34. The van der Waals surface area contributed by atoms with Crippen LogP contribution in [0, 0.1) is 0 Å². The molecule has 0 heterocycles. The van der Waals surface area contributed by atoms with Gasteiger partial charge in [0.1, 0.15) is 0 Å². The molecule has 0 atom stereocenters. The molecule has 0 saturated carbocycles. The topological polar surface area (TPSA) is 77.8 Å². The third-order valence-corrected chi connectivity index (χ3v) is 1.63. The van der Waals surface area contributed by atoms with Crippen molar-refractivity contribution < 1.29 is 19.9 Å². The highest BCUT2D eigenvalue weighted by molar-refractivity contribution is 6.58. The van der Waals surface area contributed by atoms with E-state index < -0.39 is 13.1 Å². The van der Waals surface area contributed by atoms with E-state index in [0.29, 0.717) is 11.0 Å². The van der Waals surface area contributed by atoms with E-state index in [1.807, 2.05) is 0 Å². The molecule has 14 heavy (non-hydrogen) atoms. The van der Waals surface area contributed by atoms with Crippen molar-refractivity contribution in [2.24, 2.45) is 0 Å². The lowest BCUT2D eigenvalue weighted by Gasteiger charge is -1.99. The van der Waals surface area contributed by atoms with Gasteiger partial charge in [-0.25, -0.2) is 4.79 Å². The Balaban J connectivity index is 2.89. The predicted octanol–water partition coefficient (Wildman–Crippen LogP) is -0.536. The molecule has 1 rings (SSSR count). The molecule has 0 saturated heterocycles. The molecular weight excluding hydrogens is 183 g/mol. The molecule has 0 aliphatic rings. The fraction of sp³-hybridized carbons (Fsp3) is 0. The first-order valence-corrected chi connectivity index (χ1v) is 3.96. The van der Waals surface area contributed by atoms with Gasteiger partial charge in [0.25, 0.3) is 0 Å². The molecule has 0 amide bonds. The summed E-state index contributed by atoms with van der Waals surface area (Å²) in [6.07, 6.45) is 2.37. The van der Waals surface area contributed by atoms with E-state index >= 15 is 0 Å². The number of benzene rings is 1. The lowest BCUT2D eigenvalue weighted by molar-refractivity contribution is -0.131. The molecule has 0 fully saturated rings. The van der Waals surface area contributed by atoms with E-state index in [4.69, 9.17) is 15.2 Å². The third-order valence-electron chi connectivity index (χ3n) is 1.63. The van der Waals surface area contributed by atoms with Gasteiger partial charge in [-0.1, -0.05) is 24.3 Å². The Bertz CT molecular complexity index is 360. The summed E-state index contributed by atoms with van der Waals surface area (Å²) in [6.45, 7) is 0. The molecular formula is C9H9BO4. The smallest absolute Gasteiger partial charge is 0.478 e. The zero-order chi connectivity index (χ0) is 10.6. The molecule has 0 bridgehead atoms. The quantitative estimate of drug-likeness (QED) is 0.444. The van der Waals surface area contributed by atoms with Gasteiger partial charge in [0.15, 0.2) is 0 Å². The molecule has 4 nitrogen and oxygen atoms in total. The van der Waals surface area contributed by atoms with Gasteiger partial charge in [0.05, 0.1) is 0 Å². The largest absolute Gasteiger partial charge is 0.488 e.